The van der Waals surface area contributed by atoms with Crippen molar-refractivity contribution >= 4 is 38.8 Å². The molecule has 94 valence electrons. The van der Waals surface area contributed by atoms with Crippen LogP contribution >= 0.6 is 27.3 Å². The number of amidine groups is 1. The van der Waals surface area contributed by atoms with Gasteiger partial charge in [0.2, 0.25) is 0 Å². The molecule has 1 heterocycles. The minimum Gasteiger partial charge on any atom is -0.384 e. The van der Waals surface area contributed by atoms with Gasteiger partial charge in [-0.2, -0.15) is 0 Å². The van der Waals surface area contributed by atoms with Crippen LogP contribution in [0.25, 0.3) is 0 Å². The van der Waals surface area contributed by atoms with Gasteiger partial charge < -0.3 is 10.6 Å². The highest BCUT2D eigenvalue weighted by Gasteiger charge is 2.11. The van der Waals surface area contributed by atoms with Crippen molar-refractivity contribution in [3.8, 4) is 0 Å². The number of halogens is 1. The molecule has 2 aromatic rings. The van der Waals surface area contributed by atoms with E-state index in [1.807, 2.05) is 31.3 Å². The van der Waals surface area contributed by atoms with Crippen LogP contribution in [-0.4, -0.2) is 12.9 Å². The molecule has 0 radical (unpaired) electrons. The fraction of sp³-hybridized carbons (Fsp3) is 0.154. The van der Waals surface area contributed by atoms with Crippen LogP contribution in [0, 0.1) is 5.41 Å². The number of nitrogen functional groups attached to an aromatic ring is 1. The van der Waals surface area contributed by atoms with Crippen LogP contribution in [0.2, 0.25) is 0 Å². The Bertz CT molecular complexity index is 551. The van der Waals surface area contributed by atoms with Crippen LogP contribution in [0.15, 0.2) is 40.2 Å². The lowest BCUT2D eigenvalue weighted by Crippen LogP contribution is -2.21. The summed E-state index contributed by atoms with van der Waals surface area (Å²) in [5, 5.41) is 9.69. The maximum absolute atomic E-state index is 7.63. The lowest BCUT2D eigenvalue weighted by Gasteiger charge is -2.21. The average Bonchev–Trinajstić information content (AvgIpc) is 2.81. The average molecular weight is 324 g/mol. The van der Waals surface area contributed by atoms with E-state index in [1.165, 1.54) is 4.88 Å². The van der Waals surface area contributed by atoms with E-state index in [2.05, 4.69) is 32.3 Å². The van der Waals surface area contributed by atoms with Crippen molar-refractivity contribution in [2.45, 2.75) is 6.54 Å². The van der Waals surface area contributed by atoms with E-state index in [0.717, 1.165) is 22.3 Å². The molecule has 0 amide bonds. The molecule has 5 heteroatoms. The first kappa shape index (κ1) is 13.1. The molecule has 0 bridgehead atoms. The van der Waals surface area contributed by atoms with Gasteiger partial charge in [0, 0.05) is 27.6 Å². The molecule has 0 atom stereocenters. The smallest absolute Gasteiger partial charge is 0.124 e. The van der Waals surface area contributed by atoms with E-state index < -0.39 is 0 Å². The number of nitrogens with one attached hydrogen (secondary N) is 1. The van der Waals surface area contributed by atoms with Gasteiger partial charge in [-0.25, -0.2) is 0 Å². The van der Waals surface area contributed by atoms with Crippen LogP contribution < -0.4 is 10.6 Å². The minimum absolute atomic E-state index is 0.0931. The normalized spacial score (nSPS) is 10.3. The number of thiophene rings is 1. The van der Waals surface area contributed by atoms with Crippen LogP contribution in [-0.2, 0) is 6.54 Å². The third kappa shape index (κ3) is 2.91. The summed E-state index contributed by atoms with van der Waals surface area (Å²) >= 11 is 5.18. The monoisotopic (exact) mass is 323 g/mol. The second-order valence-electron chi connectivity index (χ2n) is 4.01. The fourth-order valence-corrected chi connectivity index (χ4v) is 2.88. The van der Waals surface area contributed by atoms with Crippen molar-refractivity contribution in [2.75, 3.05) is 11.9 Å². The summed E-state index contributed by atoms with van der Waals surface area (Å²) < 4.78 is 0.987. The summed E-state index contributed by atoms with van der Waals surface area (Å²) in [6.07, 6.45) is 0. The van der Waals surface area contributed by atoms with Gasteiger partial charge in [0.05, 0.1) is 6.54 Å². The van der Waals surface area contributed by atoms with Crippen LogP contribution in [0.3, 0.4) is 0 Å². The van der Waals surface area contributed by atoms with Crippen molar-refractivity contribution in [1.29, 1.82) is 5.41 Å². The third-order valence-electron chi connectivity index (χ3n) is 2.63. The van der Waals surface area contributed by atoms with Gasteiger partial charge in [-0.15, -0.1) is 11.3 Å². The Morgan fingerprint density at radius 1 is 1.44 bits per heavy atom. The van der Waals surface area contributed by atoms with Gasteiger partial charge in [-0.05, 0) is 29.6 Å². The van der Waals surface area contributed by atoms with Crippen LogP contribution in [0.1, 0.15) is 10.4 Å². The van der Waals surface area contributed by atoms with Crippen molar-refractivity contribution < 1.29 is 0 Å². The Morgan fingerprint density at radius 3 is 2.83 bits per heavy atom. The highest BCUT2D eigenvalue weighted by Crippen LogP contribution is 2.26. The number of anilines is 1. The van der Waals surface area contributed by atoms with E-state index >= 15 is 0 Å². The Balaban J connectivity index is 2.31. The zero-order chi connectivity index (χ0) is 13.1. The minimum atomic E-state index is 0.0931. The van der Waals surface area contributed by atoms with Gasteiger partial charge in [-0.3, -0.25) is 5.41 Å². The molecule has 0 spiro atoms. The standard InChI is InChI=1S/C13H14BrN3S/c1-17(8-10-3-2-6-18-10)12-7-9(14)4-5-11(12)13(15)16/h2-7H,8H2,1H3,(H3,15,16). The number of hydrogen-bond acceptors (Lipinski definition) is 3. The van der Waals surface area contributed by atoms with Crippen molar-refractivity contribution in [3.05, 3.63) is 50.6 Å². The molecule has 0 unspecified atom stereocenters. The molecule has 0 aliphatic rings. The zero-order valence-electron chi connectivity index (χ0n) is 9.98. The highest BCUT2D eigenvalue weighted by atomic mass is 79.9. The lowest BCUT2D eigenvalue weighted by molar-refractivity contribution is 0.937. The van der Waals surface area contributed by atoms with E-state index in [-0.39, 0.29) is 5.84 Å². The molecule has 0 aliphatic heterocycles. The highest BCUT2D eigenvalue weighted by molar-refractivity contribution is 9.10. The predicted molar refractivity (Wildman–Crippen MR) is 81.6 cm³/mol. The molecule has 0 fully saturated rings. The van der Waals surface area contributed by atoms with Crippen molar-refractivity contribution in [1.82, 2.24) is 0 Å². The summed E-state index contributed by atoms with van der Waals surface area (Å²) in [5.74, 6) is 0.0931. The SMILES string of the molecule is CN(Cc1cccs1)c1cc(Br)ccc1C(=N)N. The molecule has 1 aromatic carbocycles. The van der Waals surface area contributed by atoms with Gasteiger partial charge in [-0.1, -0.05) is 22.0 Å². The van der Waals surface area contributed by atoms with Crippen molar-refractivity contribution in [2.24, 2.45) is 5.73 Å². The molecule has 3 N–H and O–H groups in total. The molecule has 3 nitrogen and oxygen atoms in total. The van der Waals surface area contributed by atoms with Gasteiger partial charge in [0.25, 0.3) is 0 Å². The van der Waals surface area contributed by atoms with E-state index in [4.69, 9.17) is 11.1 Å². The van der Waals surface area contributed by atoms with E-state index in [0.29, 0.717) is 0 Å². The molecule has 1 aromatic heterocycles. The molecule has 0 saturated heterocycles. The predicted octanol–water partition coefficient (Wildman–Crippen LogP) is 3.43. The largest absolute Gasteiger partial charge is 0.384 e. The second-order valence-corrected chi connectivity index (χ2v) is 5.96. The van der Waals surface area contributed by atoms with Gasteiger partial charge in [0.1, 0.15) is 5.84 Å². The first-order valence-corrected chi connectivity index (χ1v) is 7.12. The maximum Gasteiger partial charge on any atom is 0.124 e. The first-order valence-electron chi connectivity index (χ1n) is 5.45. The maximum atomic E-state index is 7.63. The number of nitrogens with two attached hydrogens (primary N) is 1. The van der Waals surface area contributed by atoms with Gasteiger partial charge in [0.15, 0.2) is 0 Å². The summed E-state index contributed by atoms with van der Waals surface area (Å²) in [6, 6.07) is 9.91. The molecular weight excluding hydrogens is 310 g/mol. The third-order valence-corrected chi connectivity index (χ3v) is 3.99. The summed E-state index contributed by atoms with van der Waals surface area (Å²) in [4.78, 5) is 3.39. The summed E-state index contributed by atoms with van der Waals surface area (Å²) in [5.41, 5.74) is 7.34. The summed E-state index contributed by atoms with van der Waals surface area (Å²) in [6.45, 7) is 0.814. The second kappa shape index (κ2) is 5.54. The number of hydrogen-bond donors (Lipinski definition) is 2. The van der Waals surface area contributed by atoms with E-state index in [9.17, 15) is 0 Å². The van der Waals surface area contributed by atoms with Gasteiger partial charge >= 0.3 is 0 Å². The quantitative estimate of drug-likeness (QED) is 0.669. The first-order chi connectivity index (χ1) is 8.58. The summed E-state index contributed by atoms with van der Waals surface area (Å²) in [7, 11) is 2.01. The Hall–Kier alpha value is -1.33. The van der Waals surface area contributed by atoms with Crippen LogP contribution in [0.5, 0.6) is 0 Å². The number of rotatable bonds is 4. The molecule has 0 saturated carbocycles. The van der Waals surface area contributed by atoms with E-state index in [1.54, 1.807) is 11.3 Å². The topological polar surface area (TPSA) is 53.1 Å². The molecule has 0 aliphatic carbocycles. The zero-order valence-corrected chi connectivity index (χ0v) is 12.4. The number of nitrogens with zero attached hydrogens (tertiary/aromatic N) is 1. The van der Waals surface area contributed by atoms with Crippen molar-refractivity contribution in [3.63, 3.8) is 0 Å². The van der Waals surface area contributed by atoms with Crippen LogP contribution in [0.4, 0.5) is 5.69 Å². The lowest BCUT2D eigenvalue weighted by atomic mass is 10.1. The molecule has 18 heavy (non-hydrogen) atoms. The number of benzene rings is 1. The molecule has 2 rings (SSSR count). The Kier molecular flexibility index (Phi) is 4.04. The molecular formula is C13H14BrN3S. The Labute approximate surface area is 119 Å². The fourth-order valence-electron chi connectivity index (χ4n) is 1.77. The Morgan fingerprint density at radius 2 is 2.22 bits per heavy atom.